The highest BCUT2D eigenvalue weighted by Crippen LogP contribution is 2.20. The third-order valence-electron chi connectivity index (χ3n) is 3.02. The third-order valence-corrected chi connectivity index (χ3v) is 4.45. The van der Waals surface area contributed by atoms with E-state index in [4.69, 9.17) is 5.73 Å². The molecule has 2 N–H and O–H groups in total. The van der Waals surface area contributed by atoms with Crippen molar-refractivity contribution >= 4 is 33.0 Å². The number of piperazine rings is 1. The second-order valence-corrected chi connectivity index (χ2v) is 5.82. The molecule has 0 unspecified atom stereocenters. The maximum absolute atomic E-state index is 5.81. The molecule has 2 aromatic heterocycles. The smallest absolute Gasteiger partial charge is 0.185 e. The van der Waals surface area contributed by atoms with E-state index in [1.54, 1.807) is 11.3 Å². The van der Waals surface area contributed by atoms with Crippen LogP contribution in [0.5, 0.6) is 0 Å². The quantitative estimate of drug-likeness (QED) is 0.902. The average molecular weight is 282 g/mol. The zero-order valence-electron chi connectivity index (χ0n) is 9.82. The molecule has 0 radical (unpaired) electrons. The number of anilines is 2. The second-order valence-electron chi connectivity index (χ2n) is 4.16. The summed E-state index contributed by atoms with van der Waals surface area (Å²) in [6.45, 7) is 4.83. The number of nitrogens with two attached hydrogens (primary N) is 1. The van der Waals surface area contributed by atoms with Crippen LogP contribution in [0.2, 0.25) is 0 Å². The lowest BCUT2D eigenvalue weighted by Gasteiger charge is -2.34. The Hall–Kier alpha value is -1.25. The predicted molar refractivity (Wildman–Crippen MR) is 73.9 cm³/mol. The highest BCUT2D eigenvalue weighted by molar-refractivity contribution is 7.13. The van der Waals surface area contributed by atoms with Crippen LogP contribution in [0.4, 0.5) is 10.1 Å². The Morgan fingerprint density at radius 1 is 1.28 bits per heavy atom. The van der Waals surface area contributed by atoms with Crippen LogP contribution >= 0.6 is 22.9 Å². The Bertz CT molecular complexity index is 488. The van der Waals surface area contributed by atoms with E-state index in [9.17, 15) is 0 Å². The molecule has 0 atom stereocenters. The van der Waals surface area contributed by atoms with Crippen LogP contribution in [-0.2, 0) is 6.54 Å². The molecule has 6 nitrogen and oxygen atoms in total. The first-order valence-electron chi connectivity index (χ1n) is 5.76. The van der Waals surface area contributed by atoms with Gasteiger partial charge in [-0.2, -0.15) is 0 Å². The molecule has 3 heterocycles. The molecule has 18 heavy (non-hydrogen) atoms. The van der Waals surface area contributed by atoms with Crippen molar-refractivity contribution in [3.8, 4) is 0 Å². The van der Waals surface area contributed by atoms with Crippen molar-refractivity contribution in [2.24, 2.45) is 0 Å². The number of thiazole rings is 1. The minimum Gasteiger partial charge on any atom is -0.388 e. The molecule has 0 spiro atoms. The normalized spacial score (nSPS) is 17.2. The summed E-state index contributed by atoms with van der Waals surface area (Å²) in [6.07, 6.45) is 1.86. The second kappa shape index (κ2) is 5.17. The molecule has 0 aliphatic carbocycles. The largest absolute Gasteiger partial charge is 0.388 e. The number of aromatic nitrogens is 3. The molecule has 1 saturated heterocycles. The molecule has 0 saturated carbocycles. The van der Waals surface area contributed by atoms with Gasteiger partial charge in [-0.25, -0.2) is 4.98 Å². The van der Waals surface area contributed by atoms with E-state index in [-0.39, 0.29) is 0 Å². The third kappa shape index (κ3) is 2.45. The lowest BCUT2D eigenvalue weighted by Crippen LogP contribution is -2.46. The molecular weight excluding hydrogens is 268 g/mol. The molecule has 96 valence electrons. The fourth-order valence-corrected chi connectivity index (χ4v) is 3.14. The molecule has 0 bridgehead atoms. The van der Waals surface area contributed by atoms with Gasteiger partial charge in [0, 0.05) is 55.8 Å². The number of nitrogen functional groups attached to an aromatic ring is 1. The van der Waals surface area contributed by atoms with Gasteiger partial charge in [0.2, 0.25) is 0 Å². The molecule has 2 aromatic rings. The Labute approximate surface area is 113 Å². The van der Waals surface area contributed by atoms with E-state index in [1.165, 1.54) is 11.5 Å². The fraction of sp³-hybridized carbons (Fsp3) is 0.500. The van der Waals surface area contributed by atoms with Crippen LogP contribution in [-0.4, -0.2) is 45.6 Å². The molecule has 8 heteroatoms. The van der Waals surface area contributed by atoms with Gasteiger partial charge in [0.1, 0.15) is 10.7 Å². The van der Waals surface area contributed by atoms with E-state index >= 15 is 0 Å². The Kier molecular flexibility index (Phi) is 3.39. The van der Waals surface area contributed by atoms with Crippen molar-refractivity contribution in [2.75, 3.05) is 36.8 Å². The van der Waals surface area contributed by atoms with Crippen molar-refractivity contribution in [1.82, 2.24) is 19.5 Å². The predicted octanol–water partition coefficient (Wildman–Crippen LogP) is 0.899. The van der Waals surface area contributed by atoms with Crippen LogP contribution in [0.3, 0.4) is 0 Å². The number of hydrogen-bond acceptors (Lipinski definition) is 8. The first kappa shape index (κ1) is 11.8. The van der Waals surface area contributed by atoms with Crippen LogP contribution < -0.4 is 10.6 Å². The first-order chi connectivity index (χ1) is 8.83. The first-order valence-corrected chi connectivity index (χ1v) is 7.42. The molecular formula is C10H14N6S2. The number of rotatable bonds is 3. The Morgan fingerprint density at radius 2 is 2.11 bits per heavy atom. The SMILES string of the molecule is Nc1snnc1CN1CCN(c2nccs2)CC1. The summed E-state index contributed by atoms with van der Waals surface area (Å²) in [6, 6.07) is 0. The van der Waals surface area contributed by atoms with Gasteiger partial charge in [-0.3, -0.25) is 4.90 Å². The standard InChI is InChI=1S/C10H14N6S2/c11-9-8(13-14-18-9)7-15-2-4-16(5-3-15)10-12-1-6-17-10/h1,6H,2-5,7,11H2. The van der Waals surface area contributed by atoms with Crippen LogP contribution in [0, 0.1) is 0 Å². The highest BCUT2D eigenvalue weighted by Gasteiger charge is 2.20. The van der Waals surface area contributed by atoms with Crippen molar-refractivity contribution in [2.45, 2.75) is 6.54 Å². The zero-order chi connectivity index (χ0) is 12.4. The summed E-state index contributed by atoms with van der Waals surface area (Å²) < 4.78 is 3.86. The molecule has 1 fully saturated rings. The summed E-state index contributed by atoms with van der Waals surface area (Å²) in [7, 11) is 0. The van der Waals surface area contributed by atoms with Crippen molar-refractivity contribution in [3.05, 3.63) is 17.3 Å². The number of nitrogens with zero attached hydrogens (tertiary/aromatic N) is 5. The van der Waals surface area contributed by atoms with E-state index in [1.807, 2.05) is 11.6 Å². The Balaban J connectivity index is 1.56. The summed E-state index contributed by atoms with van der Waals surface area (Å²) in [5, 5.41) is 7.92. The molecule has 1 aliphatic heterocycles. The lowest BCUT2D eigenvalue weighted by atomic mass is 10.3. The van der Waals surface area contributed by atoms with E-state index in [0.29, 0.717) is 0 Å². The van der Waals surface area contributed by atoms with Crippen molar-refractivity contribution in [1.29, 1.82) is 0 Å². The minimum absolute atomic E-state index is 0.734. The zero-order valence-corrected chi connectivity index (χ0v) is 11.5. The summed E-state index contributed by atoms with van der Waals surface area (Å²) in [4.78, 5) is 9.02. The van der Waals surface area contributed by atoms with E-state index in [0.717, 1.165) is 48.6 Å². The van der Waals surface area contributed by atoms with Gasteiger partial charge in [0.15, 0.2) is 5.13 Å². The van der Waals surface area contributed by atoms with Crippen LogP contribution in [0.25, 0.3) is 0 Å². The summed E-state index contributed by atoms with van der Waals surface area (Å²) in [5.74, 6) is 0. The van der Waals surface area contributed by atoms with Gasteiger partial charge in [-0.1, -0.05) is 4.49 Å². The molecule has 3 rings (SSSR count). The van der Waals surface area contributed by atoms with E-state index in [2.05, 4.69) is 24.4 Å². The maximum atomic E-state index is 5.81. The van der Waals surface area contributed by atoms with Crippen LogP contribution in [0.1, 0.15) is 5.69 Å². The maximum Gasteiger partial charge on any atom is 0.185 e. The fourth-order valence-electron chi connectivity index (χ4n) is 2.01. The van der Waals surface area contributed by atoms with Crippen molar-refractivity contribution < 1.29 is 0 Å². The summed E-state index contributed by atoms with van der Waals surface area (Å²) >= 11 is 2.96. The lowest BCUT2D eigenvalue weighted by molar-refractivity contribution is 0.247. The van der Waals surface area contributed by atoms with Gasteiger partial charge in [-0.15, -0.1) is 16.4 Å². The van der Waals surface area contributed by atoms with Crippen LogP contribution in [0.15, 0.2) is 11.6 Å². The topological polar surface area (TPSA) is 71.2 Å². The monoisotopic (exact) mass is 282 g/mol. The van der Waals surface area contributed by atoms with Gasteiger partial charge in [-0.05, 0) is 0 Å². The van der Waals surface area contributed by atoms with Gasteiger partial charge in [0.05, 0.1) is 0 Å². The number of hydrogen-bond donors (Lipinski definition) is 1. The highest BCUT2D eigenvalue weighted by atomic mass is 32.1. The summed E-state index contributed by atoms with van der Waals surface area (Å²) in [5.41, 5.74) is 6.72. The van der Waals surface area contributed by atoms with Crippen molar-refractivity contribution in [3.63, 3.8) is 0 Å². The van der Waals surface area contributed by atoms with Gasteiger partial charge in [0.25, 0.3) is 0 Å². The van der Waals surface area contributed by atoms with Gasteiger partial charge < -0.3 is 10.6 Å². The molecule has 1 aliphatic rings. The minimum atomic E-state index is 0.734. The molecule has 0 amide bonds. The van der Waals surface area contributed by atoms with E-state index < -0.39 is 0 Å². The van der Waals surface area contributed by atoms with Gasteiger partial charge >= 0.3 is 0 Å². The Morgan fingerprint density at radius 3 is 2.72 bits per heavy atom. The average Bonchev–Trinajstić information content (AvgIpc) is 3.03. The molecule has 0 aromatic carbocycles.